The second kappa shape index (κ2) is 6.62. The van der Waals surface area contributed by atoms with Gasteiger partial charge in [0.05, 0.1) is 0 Å². The molecule has 1 aromatic carbocycles. The normalized spacial score (nSPS) is 12.7. The zero-order chi connectivity index (χ0) is 11.1. The minimum absolute atomic E-state index is 0.611. The Kier molecular flexibility index (Phi) is 5.41. The SMILES string of the molecule is CCCc1ccc(CCC(C)NC)cc1. The molecule has 1 N–H and O–H groups in total. The van der Waals surface area contributed by atoms with E-state index in [0.29, 0.717) is 6.04 Å². The van der Waals surface area contributed by atoms with Crippen LogP contribution in [0.2, 0.25) is 0 Å². The first-order chi connectivity index (χ1) is 7.26. The lowest BCUT2D eigenvalue weighted by atomic mass is 10.0. The van der Waals surface area contributed by atoms with Gasteiger partial charge < -0.3 is 5.32 Å². The molecule has 1 atom stereocenters. The van der Waals surface area contributed by atoms with Crippen molar-refractivity contribution in [3.8, 4) is 0 Å². The van der Waals surface area contributed by atoms with E-state index in [9.17, 15) is 0 Å². The third-order valence-corrected chi connectivity index (χ3v) is 2.92. The molecular formula is C14H23N. The minimum atomic E-state index is 0.611. The van der Waals surface area contributed by atoms with Crippen LogP contribution in [0.3, 0.4) is 0 Å². The van der Waals surface area contributed by atoms with Gasteiger partial charge in [-0.1, -0.05) is 37.6 Å². The van der Waals surface area contributed by atoms with Crippen LogP contribution < -0.4 is 5.32 Å². The molecule has 0 aliphatic carbocycles. The van der Waals surface area contributed by atoms with Crippen LogP contribution in [0.5, 0.6) is 0 Å². The van der Waals surface area contributed by atoms with E-state index in [2.05, 4.69) is 43.4 Å². The molecule has 15 heavy (non-hydrogen) atoms. The maximum Gasteiger partial charge on any atom is 0.00388 e. The van der Waals surface area contributed by atoms with Gasteiger partial charge in [-0.2, -0.15) is 0 Å². The van der Waals surface area contributed by atoms with Gasteiger partial charge in [-0.05, 0) is 44.4 Å². The van der Waals surface area contributed by atoms with Gasteiger partial charge in [0.25, 0.3) is 0 Å². The zero-order valence-corrected chi connectivity index (χ0v) is 10.2. The minimum Gasteiger partial charge on any atom is -0.317 e. The Morgan fingerprint density at radius 3 is 2.07 bits per heavy atom. The van der Waals surface area contributed by atoms with Crippen LogP contribution in [0.1, 0.15) is 37.8 Å². The molecular weight excluding hydrogens is 182 g/mol. The largest absolute Gasteiger partial charge is 0.317 e. The molecule has 0 bridgehead atoms. The van der Waals surface area contributed by atoms with Crippen LogP contribution in [-0.2, 0) is 12.8 Å². The number of benzene rings is 1. The molecule has 1 rings (SSSR count). The van der Waals surface area contributed by atoms with E-state index in [1.807, 2.05) is 7.05 Å². The Morgan fingerprint density at radius 2 is 1.60 bits per heavy atom. The van der Waals surface area contributed by atoms with Gasteiger partial charge >= 0.3 is 0 Å². The summed E-state index contributed by atoms with van der Waals surface area (Å²) < 4.78 is 0. The number of aryl methyl sites for hydroxylation is 2. The van der Waals surface area contributed by atoms with E-state index in [1.165, 1.54) is 36.8 Å². The Morgan fingerprint density at radius 1 is 1.07 bits per heavy atom. The molecule has 0 heterocycles. The fourth-order valence-electron chi connectivity index (χ4n) is 1.69. The molecule has 0 aliphatic rings. The number of hydrogen-bond donors (Lipinski definition) is 1. The summed E-state index contributed by atoms with van der Waals surface area (Å²) in [6.07, 6.45) is 4.82. The van der Waals surface area contributed by atoms with E-state index in [0.717, 1.165) is 0 Å². The van der Waals surface area contributed by atoms with Gasteiger partial charge in [-0.25, -0.2) is 0 Å². The topological polar surface area (TPSA) is 12.0 Å². The molecule has 0 saturated heterocycles. The maximum atomic E-state index is 3.27. The molecule has 1 aromatic rings. The Balaban J connectivity index is 2.42. The lowest BCUT2D eigenvalue weighted by molar-refractivity contribution is 0.565. The van der Waals surface area contributed by atoms with Crippen molar-refractivity contribution in [2.75, 3.05) is 7.05 Å². The van der Waals surface area contributed by atoms with Gasteiger partial charge in [0.2, 0.25) is 0 Å². The second-order valence-corrected chi connectivity index (χ2v) is 4.29. The lowest BCUT2D eigenvalue weighted by Crippen LogP contribution is -2.21. The van der Waals surface area contributed by atoms with Gasteiger partial charge in [0.1, 0.15) is 0 Å². The highest BCUT2D eigenvalue weighted by atomic mass is 14.8. The van der Waals surface area contributed by atoms with E-state index in [1.54, 1.807) is 0 Å². The van der Waals surface area contributed by atoms with Crippen molar-refractivity contribution in [2.24, 2.45) is 0 Å². The van der Waals surface area contributed by atoms with Crippen LogP contribution in [0.4, 0.5) is 0 Å². The Bertz CT molecular complexity index is 263. The summed E-state index contributed by atoms with van der Waals surface area (Å²) in [7, 11) is 2.02. The van der Waals surface area contributed by atoms with E-state index in [4.69, 9.17) is 0 Å². The monoisotopic (exact) mass is 205 g/mol. The maximum absolute atomic E-state index is 3.27. The summed E-state index contributed by atoms with van der Waals surface area (Å²) in [6, 6.07) is 9.69. The molecule has 0 saturated carbocycles. The summed E-state index contributed by atoms with van der Waals surface area (Å²) in [5, 5.41) is 3.27. The zero-order valence-electron chi connectivity index (χ0n) is 10.2. The van der Waals surface area contributed by atoms with Gasteiger partial charge in [0, 0.05) is 6.04 Å². The predicted octanol–water partition coefficient (Wildman–Crippen LogP) is 3.18. The van der Waals surface area contributed by atoms with Crippen molar-refractivity contribution in [1.29, 1.82) is 0 Å². The lowest BCUT2D eigenvalue weighted by Gasteiger charge is -2.09. The molecule has 1 heteroatoms. The van der Waals surface area contributed by atoms with Gasteiger partial charge in [-0.15, -0.1) is 0 Å². The van der Waals surface area contributed by atoms with E-state index >= 15 is 0 Å². The summed E-state index contributed by atoms with van der Waals surface area (Å²) in [4.78, 5) is 0. The average Bonchev–Trinajstić information content (AvgIpc) is 2.28. The highest BCUT2D eigenvalue weighted by molar-refractivity contribution is 5.22. The van der Waals surface area contributed by atoms with Crippen molar-refractivity contribution in [2.45, 2.75) is 45.6 Å². The van der Waals surface area contributed by atoms with E-state index in [-0.39, 0.29) is 0 Å². The van der Waals surface area contributed by atoms with Crippen molar-refractivity contribution in [3.05, 3.63) is 35.4 Å². The molecule has 0 spiro atoms. The van der Waals surface area contributed by atoms with Crippen molar-refractivity contribution >= 4 is 0 Å². The first-order valence-electron chi connectivity index (χ1n) is 6.01. The van der Waals surface area contributed by atoms with Crippen molar-refractivity contribution in [1.82, 2.24) is 5.32 Å². The van der Waals surface area contributed by atoms with E-state index < -0.39 is 0 Å². The molecule has 0 amide bonds. The summed E-state index contributed by atoms with van der Waals surface area (Å²) in [5.74, 6) is 0. The first kappa shape index (κ1) is 12.3. The number of rotatable bonds is 6. The average molecular weight is 205 g/mol. The van der Waals surface area contributed by atoms with Crippen LogP contribution in [-0.4, -0.2) is 13.1 Å². The quantitative estimate of drug-likeness (QED) is 0.752. The van der Waals surface area contributed by atoms with Crippen LogP contribution >= 0.6 is 0 Å². The molecule has 0 aromatic heterocycles. The van der Waals surface area contributed by atoms with Gasteiger partial charge in [0.15, 0.2) is 0 Å². The van der Waals surface area contributed by atoms with Gasteiger partial charge in [-0.3, -0.25) is 0 Å². The second-order valence-electron chi connectivity index (χ2n) is 4.29. The first-order valence-corrected chi connectivity index (χ1v) is 6.01. The molecule has 1 nitrogen and oxygen atoms in total. The fourth-order valence-corrected chi connectivity index (χ4v) is 1.69. The third-order valence-electron chi connectivity index (χ3n) is 2.92. The summed E-state index contributed by atoms with van der Waals surface area (Å²) in [6.45, 7) is 4.45. The predicted molar refractivity (Wildman–Crippen MR) is 67.3 cm³/mol. The summed E-state index contributed by atoms with van der Waals surface area (Å²) >= 11 is 0. The molecule has 0 aliphatic heterocycles. The Labute approximate surface area is 93.9 Å². The highest BCUT2D eigenvalue weighted by Gasteiger charge is 1.99. The molecule has 0 fully saturated rings. The number of nitrogens with one attached hydrogen (secondary N) is 1. The molecule has 84 valence electrons. The van der Waals surface area contributed by atoms with Crippen LogP contribution in [0.15, 0.2) is 24.3 Å². The standard InChI is InChI=1S/C14H23N/c1-4-5-13-8-10-14(11-9-13)7-6-12(2)15-3/h8-12,15H,4-7H2,1-3H3. The Hall–Kier alpha value is -0.820. The number of hydrogen-bond acceptors (Lipinski definition) is 1. The fraction of sp³-hybridized carbons (Fsp3) is 0.571. The van der Waals surface area contributed by atoms with Crippen LogP contribution in [0.25, 0.3) is 0 Å². The highest BCUT2D eigenvalue weighted by Crippen LogP contribution is 2.09. The van der Waals surface area contributed by atoms with Crippen molar-refractivity contribution in [3.63, 3.8) is 0 Å². The van der Waals surface area contributed by atoms with Crippen molar-refractivity contribution < 1.29 is 0 Å². The molecule has 0 radical (unpaired) electrons. The smallest absolute Gasteiger partial charge is 0.00388 e. The van der Waals surface area contributed by atoms with Crippen LogP contribution in [0, 0.1) is 0 Å². The third kappa shape index (κ3) is 4.48. The molecule has 1 unspecified atom stereocenters. The summed E-state index contributed by atoms with van der Waals surface area (Å²) in [5.41, 5.74) is 2.92.